The summed E-state index contributed by atoms with van der Waals surface area (Å²) in [6, 6.07) is 4.77. The summed E-state index contributed by atoms with van der Waals surface area (Å²) < 4.78 is 0. The third kappa shape index (κ3) is 2.99. The number of rotatable bonds is 5. The van der Waals surface area contributed by atoms with E-state index < -0.39 is 0 Å². The second kappa shape index (κ2) is 6.48. The number of pyridine rings is 1. The lowest BCUT2D eigenvalue weighted by molar-refractivity contribution is 0.245. The van der Waals surface area contributed by atoms with Gasteiger partial charge in [0.2, 0.25) is 0 Å². The molecule has 1 atom stereocenters. The normalized spacial score (nSPS) is 18.8. The maximum absolute atomic E-state index is 4.73. The summed E-state index contributed by atoms with van der Waals surface area (Å²) in [5, 5.41) is 3.13. The van der Waals surface area contributed by atoms with Crippen molar-refractivity contribution in [1.82, 2.24) is 19.9 Å². The average molecular weight is 299 g/mol. The predicted octanol–water partition coefficient (Wildman–Crippen LogP) is 3.05. The predicted molar refractivity (Wildman–Crippen MR) is 88.9 cm³/mol. The second-order valence-electron chi connectivity index (χ2n) is 5.96. The fourth-order valence-corrected chi connectivity index (χ4v) is 3.26. The van der Waals surface area contributed by atoms with Gasteiger partial charge in [0.1, 0.15) is 11.6 Å². The molecule has 0 amide bonds. The number of likely N-dealkylation sites (tertiary alicyclic amines) is 1. The summed E-state index contributed by atoms with van der Waals surface area (Å²) in [6.07, 6.45) is 5.30. The van der Waals surface area contributed by atoms with E-state index in [1.54, 1.807) is 0 Å². The molecule has 3 rings (SSSR count). The Morgan fingerprint density at radius 1 is 1.45 bits per heavy atom. The van der Waals surface area contributed by atoms with Gasteiger partial charge in [0.05, 0.1) is 5.69 Å². The lowest BCUT2D eigenvalue weighted by Gasteiger charge is -2.24. The molecule has 5 heteroatoms. The second-order valence-corrected chi connectivity index (χ2v) is 5.96. The number of hydrogen-bond acceptors (Lipinski definition) is 4. The highest BCUT2D eigenvalue weighted by Crippen LogP contribution is 2.33. The molecule has 0 bridgehead atoms. The monoisotopic (exact) mass is 299 g/mol. The van der Waals surface area contributed by atoms with E-state index in [0.717, 1.165) is 31.2 Å². The summed E-state index contributed by atoms with van der Waals surface area (Å²) >= 11 is 0. The topological polar surface area (TPSA) is 56.8 Å². The van der Waals surface area contributed by atoms with Gasteiger partial charge >= 0.3 is 0 Å². The van der Waals surface area contributed by atoms with Crippen molar-refractivity contribution in [1.29, 1.82) is 0 Å². The molecule has 2 aromatic heterocycles. The maximum Gasteiger partial charge on any atom is 0.125 e. The van der Waals surface area contributed by atoms with E-state index in [1.165, 1.54) is 29.8 Å². The first-order chi connectivity index (χ1) is 10.7. The summed E-state index contributed by atoms with van der Waals surface area (Å²) in [7, 11) is 1.91. The number of hydrogen-bond donors (Lipinski definition) is 2. The van der Waals surface area contributed by atoms with Crippen LogP contribution in [0.4, 0.5) is 5.82 Å². The number of nitrogens with one attached hydrogen (secondary N) is 2. The van der Waals surface area contributed by atoms with E-state index in [-0.39, 0.29) is 0 Å². The van der Waals surface area contributed by atoms with Crippen molar-refractivity contribution in [3.63, 3.8) is 0 Å². The number of H-pyrrole nitrogens is 1. The lowest BCUT2D eigenvalue weighted by Crippen LogP contribution is -2.23. The minimum absolute atomic E-state index is 0.469. The molecule has 1 fully saturated rings. The number of aromatic amines is 1. The zero-order valence-corrected chi connectivity index (χ0v) is 13.7. The molecule has 1 saturated heterocycles. The van der Waals surface area contributed by atoms with Crippen molar-refractivity contribution >= 4 is 5.82 Å². The van der Waals surface area contributed by atoms with Gasteiger partial charge in [0.25, 0.3) is 0 Å². The van der Waals surface area contributed by atoms with E-state index in [0.29, 0.717) is 6.04 Å². The highest BCUT2D eigenvalue weighted by molar-refractivity contribution is 5.38. The highest BCUT2D eigenvalue weighted by atomic mass is 15.2. The fraction of sp³-hybridized carbons (Fsp3) is 0.529. The Labute approximate surface area is 132 Å². The van der Waals surface area contributed by atoms with Crippen LogP contribution in [0.5, 0.6) is 0 Å². The van der Waals surface area contributed by atoms with E-state index in [9.17, 15) is 0 Å². The van der Waals surface area contributed by atoms with E-state index in [1.807, 2.05) is 13.2 Å². The fourth-order valence-electron chi connectivity index (χ4n) is 3.26. The van der Waals surface area contributed by atoms with Crippen molar-refractivity contribution < 1.29 is 0 Å². The zero-order chi connectivity index (χ0) is 15.5. The minimum atomic E-state index is 0.469. The van der Waals surface area contributed by atoms with Crippen molar-refractivity contribution in [2.45, 2.75) is 45.7 Å². The van der Waals surface area contributed by atoms with Crippen molar-refractivity contribution in [3.05, 3.63) is 41.1 Å². The van der Waals surface area contributed by atoms with E-state index in [4.69, 9.17) is 4.98 Å². The van der Waals surface area contributed by atoms with Crippen LogP contribution in [-0.4, -0.2) is 33.4 Å². The van der Waals surface area contributed by atoms with Crippen molar-refractivity contribution in [2.24, 2.45) is 0 Å². The van der Waals surface area contributed by atoms with Gasteiger partial charge in [-0.3, -0.25) is 4.90 Å². The molecule has 0 spiro atoms. The lowest BCUT2D eigenvalue weighted by atomic mass is 10.1. The molecule has 0 saturated carbocycles. The quantitative estimate of drug-likeness (QED) is 0.891. The molecule has 1 aliphatic rings. The molecule has 5 nitrogen and oxygen atoms in total. The first-order valence-corrected chi connectivity index (χ1v) is 8.13. The number of aromatic nitrogens is 3. The molecule has 0 aromatic carbocycles. The van der Waals surface area contributed by atoms with Gasteiger partial charge in [-0.05, 0) is 44.0 Å². The molecule has 118 valence electrons. The van der Waals surface area contributed by atoms with Gasteiger partial charge in [0.15, 0.2) is 0 Å². The Balaban J connectivity index is 1.79. The van der Waals surface area contributed by atoms with Gasteiger partial charge in [-0.2, -0.15) is 0 Å². The molecule has 22 heavy (non-hydrogen) atoms. The largest absolute Gasteiger partial charge is 0.373 e. The molecular formula is C17H25N5. The Hall–Kier alpha value is -1.88. The first kappa shape index (κ1) is 15.0. The summed E-state index contributed by atoms with van der Waals surface area (Å²) in [5.41, 5.74) is 3.74. The molecule has 2 N–H and O–H groups in total. The van der Waals surface area contributed by atoms with E-state index >= 15 is 0 Å². The minimum Gasteiger partial charge on any atom is -0.373 e. The van der Waals surface area contributed by atoms with Crippen molar-refractivity contribution in [3.8, 4) is 0 Å². The standard InChI is InChI=1S/C17H25N5/c1-4-16-20-12(2)14(21-16)11-22-9-5-6-15(22)13-7-8-19-17(10-13)18-3/h7-8,10,15H,4-6,9,11H2,1-3H3,(H,18,19)(H,20,21)/t15-/m0/s1. The first-order valence-electron chi connectivity index (χ1n) is 8.13. The van der Waals surface area contributed by atoms with Gasteiger partial charge < -0.3 is 10.3 Å². The number of nitrogens with zero attached hydrogens (tertiary/aromatic N) is 3. The maximum atomic E-state index is 4.73. The van der Waals surface area contributed by atoms with Gasteiger partial charge in [-0.1, -0.05) is 6.92 Å². The van der Waals surface area contributed by atoms with Gasteiger partial charge in [0, 0.05) is 37.9 Å². The van der Waals surface area contributed by atoms with Crippen LogP contribution in [0, 0.1) is 6.92 Å². The van der Waals surface area contributed by atoms with Gasteiger partial charge in [-0.15, -0.1) is 0 Å². The summed E-state index contributed by atoms with van der Waals surface area (Å²) in [5.74, 6) is 2.03. The Morgan fingerprint density at radius 2 is 2.32 bits per heavy atom. The molecule has 3 heterocycles. The van der Waals surface area contributed by atoms with Crippen LogP contribution in [0.25, 0.3) is 0 Å². The van der Waals surface area contributed by atoms with Crippen LogP contribution in [0.3, 0.4) is 0 Å². The van der Waals surface area contributed by atoms with Crippen molar-refractivity contribution in [2.75, 3.05) is 18.9 Å². The third-order valence-electron chi connectivity index (χ3n) is 4.51. The summed E-state index contributed by atoms with van der Waals surface area (Å²) in [4.78, 5) is 15.0. The van der Waals surface area contributed by atoms with Crippen LogP contribution in [0.15, 0.2) is 18.3 Å². The molecule has 1 aliphatic heterocycles. The molecule has 0 radical (unpaired) electrons. The molecule has 0 unspecified atom stereocenters. The Morgan fingerprint density at radius 3 is 3.05 bits per heavy atom. The van der Waals surface area contributed by atoms with Gasteiger partial charge in [-0.25, -0.2) is 9.97 Å². The highest BCUT2D eigenvalue weighted by Gasteiger charge is 2.27. The number of aryl methyl sites for hydroxylation is 2. The third-order valence-corrected chi connectivity index (χ3v) is 4.51. The number of anilines is 1. The SMILES string of the molecule is CCc1nc(CN2CCC[C@H]2c2ccnc(NC)c2)c(C)[nH]1. The van der Waals surface area contributed by atoms with Crippen LogP contribution >= 0.6 is 0 Å². The average Bonchev–Trinajstić information content (AvgIpc) is 3.15. The molecular weight excluding hydrogens is 274 g/mol. The molecule has 2 aromatic rings. The zero-order valence-electron chi connectivity index (χ0n) is 13.7. The van der Waals surface area contributed by atoms with Crippen LogP contribution in [0.1, 0.15) is 48.6 Å². The summed E-state index contributed by atoms with van der Waals surface area (Å²) in [6.45, 7) is 6.31. The number of imidazole rings is 1. The van der Waals surface area contributed by atoms with Crippen LogP contribution < -0.4 is 5.32 Å². The molecule has 0 aliphatic carbocycles. The van der Waals surface area contributed by atoms with E-state index in [2.05, 4.69) is 46.2 Å². The van der Waals surface area contributed by atoms with Crippen LogP contribution in [-0.2, 0) is 13.0 Å². The Bertz CT molecular complexity index is 634. The Kier molecular flexibility index (Phi) is 4.43. The smallest absolute Gasteiger partial charge is 0.125 e. The van der Waals surface area contributed by atoms with Crippen LogP contribution in [0.2, 0.25) is 0 Å².